The summed E-state index contributed by atoms with van der Waals surface area (Å²) in [4.78, 5) is 0. The highest BCUT2D eigenvalue weighted by Crippen LogP contribution is 2.41. The predicted octanol–water partition coefficient (Wildman–Crippen LogP) is 13.2. The largest absolute Gasteiger partial charge is 0.206 e. The third kappa shape index (κ3) is 11.2. The molecular weight excluding hydrogens is 789 g/mol. The maximum absolute atomic E-state index is 13.9. The van der Waals surface area contributed by atoms with Gasteiger partial charge in [-0.1, -0.05) is 121 Å². The van der Waals surface area contributed by atoms with Crippen LogP contribution in [-0.2, 0) is 0 Å². The predicted molar refractivity (Wildman–Crippen MR) is 199 cm³/mol. The first kappa shape index (κ1) is 40.5. The van der Waals surface area contributed by atoms with Crippen molar-refractivity contribution in [3.05, 3.63) is 66.1 Å². The number of rotatable bonds is 6. The van der Waals surface area contributed by atoms with Crippen molar-refractivity contribution in [1.29, 1.82) is 0 Å². The van der Waals surface area contributed by atoms with Crippen molar-refractivity contribution >= 4 is 70.6 Å². The van der Waals surface area contributed by atoms with E-state index in [1.807, 2.05) is 34.7 Å². The van der Waals surface area contributed by atoms with E-state index in [0.29, 0.717) is 42.4 Å². The van der Waals surface area contributed by atoms with Crippen LogP contribution in [0, 0.1) is 38.6 Å². The fourth-order valence-corrected chi connectivity index (χ4v) is 17.4. The molecule has 7 heteroatoms. The topological polar surface area (TPSA) is 0 Å². The lowest BCUT2D eigenvalue weighted by Gasteiger charge is -2.38. The zero-order valence-corrected chi connectivity index (χ0v) is 34.2. The second-order valence-electron chi connectivity index (χ2n) is 12.4. The van der Waals surface area contributed by atoms with Crippen LogP contribution in [0.3, 0.4) is 0 Å². The third-order valence-corrected chi connectivity index (χ3v) is 22.6. The van der Waals surface area contributed by atoms with Crippen molar-refractivity contribution in [3.8, 4) is 23.4 Å². The SMILES string of the molecule is C#C[Si](C(C)C)(C(C)C)C(C)C.CC(C)[Si](C#Cc1ccc(Br)cc1F)(C(C)C)C(C)C.Fc1cc(Br)ccc1I. The Labute approximate surface area is 283 Å². The molecule has 0 heterocycles. The molecule has 0 aliphatic heterocycles. The van der Waals surface area contributed by atoms with Gasteiger partial charge < -0.3 is 0 Å². The minimum absolute atomic E-state index is 0.176. The summed E-state index contributed by atoms with van der Waals surface area (Å²) >= 11 is 8.38. The molecule has 228 valence electrons. The van der Waals surface area contributed by atoms with E-state index in [-0.39, 0.29) is 11.6 Å². The molecule has 0 fully saturated rings. The lowest BCUT2D eigenvalue weighted by molar-refractivity contribution is 0.619. The smallest absolute Gasteiger partial charge is 0.146 e. The average molecular weight is 839 g/mol. The zero-order valence-electron chi connectivity index (χ0n) is 26.9. The normalized spacial score (nSPS) is 11.7. The van der Waals surface area contributed by atoms with Gasteiger partial charge in [-0.15, -0.1) is 17.5 Å². The van der Waals surface area contributed by atoms with Gasteiger partial charge in [0.15, 0.2) is 0 Å². The summed E-state index contributed by atoms with van der Waals surface area (Å²) in [5, 5.41) is 0. The Morgan fingerprint density at radius 2 is 1.00 bits per heavy atom. The molecule has 0 saturated heterocycles. The summed E-state index contributed by atoms with van der Waals surface area (Å²) in [5.74, 6) is 2.72. The summed E-state index contributed by atoms with van der Waals surface area (Å²) < 4.78 is 28.6. The zero-order chi connectivity index (χ0) is 32.3. The standard InChI is InChI=1S/C17H24BrFSi.C11H22Si.C6H3BrFI/c1-12(2)20(13(3)4,14(5)6)10-9-15-7-8-16(18)11-17(15)19;1-8-12(9(2)3,10(4)5)11(6)7;7-4-1-2-6(9)5(8)3-4/h7-8,11-14H,1-6H3;1,9-11H,2-7H3;1-3H. The number of hydrogen-bond donors (Lipinski definition) is 0. The van der Waals surface area contributed by atoms with Crippen LogP contribution in [0.1, 0.15) is 88.6 Å². The molecule has 0 radical (unpaired) electrons. The number of hydrogen-bond acceptors (Lipinski definition) is 0. The average Bonchev–Trinajstić information content (AvgIpc) is 2.83. The van der Waals surface area contributed by atoms with Gasteiger partial charge in [-0.3, -0.25) is 0 Å². The first-order chi connectivity index (χ1) is 18.8. The highest BCUT2D eigenvalue weighted by Gasteiger charge is 2.42. The first-order valence-electron chi connectivity index (χ1n) is 14.4. The summed E-state index contributed by atoms with van der Waals surface area (Å²) in [7, 11) is -3.26. The van der Waals surface area contributed by atoms with Crippen LogP contribution in [0.5, 0.6) is 0 Å². The van der Waals surface area contributed by atoms with Crippen LogP contribution >= 0.6 is 54.5 Å². The van der Waals surface area contributed by atoms with Gasteiger partial charge >= 0.3 is 0 Å². The summed E-state index contributed by atoms with van der Waals surface area (Å²) in [6.45, 7) is 27.3. The highest BCUT2D eigenvalue weighted by molar-refractivity contribution is 14.1. The maximum atomic E-state index is 13.9. The van der Waals surface area contributed by atoms with Gasteiger partial charge in [-0.2, -0.15) is 0 Å². The third-order valence-electron chi connectivity index (χ3n) is 8.21. The lowest BCUT2D eigenvalue weighted by atomic mass is 10.2. The molecule has 2 rings (SSSR count). The molecule has 0 aromatic heterocycles. The van der Waals surface area contributed by atoms with Crippen LogP contribution in [-0.4, -0.2) is 16.1 Å². The number of halogens is 5. The number of benzene rings is 2. The molecule has 0 nitrogen and oxygen atoms in total. The Hall–Kier alpha value is -0.456. The molecular formula is C34H49Br2F2ISi2. The Balaban J connectivity index is 0.000000645. The van der Waals surface area contributed by atoms with E-state index >= 15 is 0 Å². The fourth-order valence-electron chi connectivity index (χ4n) is 6.17. The van der Waals surface area contributed by atoms with Crippen LogP contribution in [0.15, 0.2) is 45.3 Å². The molecule has 0 N–H and O–H groups in total. The summed E-state index contributed by atoms with van der Waals surface area (Å²) in [5.41, 5.74) is 11.0. The molecule has 0 unspecified atom stereocenters. The fraction of sp³-hybridized carbons (Fsp3) is 0.529. The van der Waals surface area contributed by atoms with Crippen molar-refractivity contribution < 1.29 is 8.78 Å². The van der Waals surface area contributed by atoms with E-state index < -0.39 is 16.1 Å². The molecule has 2 aromatic carbocycles. The quantitative estimate of drug-likeness (QED) is 0.118. The van der Waals surface area contributed by atoms with Gasteiger partial charge in [0.1, 0.15) is 27.8 Å². The second-order valence-corrected chi connectivity index (χ2v) is 26.6. The highest BCUT2D eigenvalue weighted by atomic mass is 127. The van der Waals surface area contributed by atoms with E-state index in [4.69, 9.17) is 6.42 Å². The molecule has 0 amide bonds. The van der Waals surface area contributed by atoms with Crippen LogP contribution in [0.2, 0.25) is 33.2 Å². The van der Waals surface area contributed by atoms with E-state index in [1.165, 1.54) is 12.1 Å². The van der Waals surface area contributed by atoms with E-state index in [9.17, 15) is 8.78 Å². The number of terminal acetylenes is 1. The Bertz CT molecular complexity index is 1160. The Morgan fingerprint density at radius 1 is 0.634 bits per heavy atom. The molecule has 0 saturated carbocycles. The van der Waals surface area contributed by atoms with Crippen LogP contribution in [0.4, 0.5) is 8.78 Å². The molecule has 0 aliphatic carbocycles. The molecule has 0 aliphatic rings. The molecule has 0 bridgehead atoms. The molecule has 0 spiro atoms. The monoisotopic (exact) mass is 836 g/mol. The van der Waals surface area contributed by atoms with Crippen LogP contribution in [0.25, 0.3) is 0 Å². The van der Waals surface area contributed by atoms with Crippen molar-refractivity contribution in [2.45, 2.75) is 116 Å². The molecule has 41 heavy (non-hydrogen) atoms. The Kier molecular flexibility index (Phi) is 18.2. The Morgan fingerprint density at radius 3 is 1.27 bits per heavy atom. The van der Waals surface area contributed by atoms with Gasteiger partial charge in [0.25, 0.3) is 0 Å². The second kappa shape index (κ2) is 18.4. The maximum Gasteiger partial charge on any atom is 0.146 e. The molecule has 2 aromatic rings. The van der Waals surface area contributed by atoms with E-state index in [1.54, 1.807) is 12.1 Å². The van der Waals surface area contributed by atoms with Gasteiger partial charge in [-0.05, 0) is 92.2 Å². The van der Waals surface area contributed by atoms with E-state index in [0.717, 1.165) is 8.95 Å². The minimum Gasteiger partial charge on any atom is -0.206 e. The van der Waals surface area contributed by atoms with Gasteiger partial charge in [0.2, 0.25) is 0 Å². The van der Waals surface area contributed by atoms with Gasteiger partial charge in [-0.25, -0.2) is 8.78 Å². The van der Waals surface area contributed by atoms with Crippen molar-refractivity contribution in [2.24, 2.45) is 0 Å². The lowest BCUT2D eigenvalue weighted by Crippen LogP contribution is -2.43. The van der Waals surface area contributed by atoms with Crippen molar-refractivity contribution in [2.75, 3.05) is 0 Å². The van der Waals surface area contributed by atoms with Crippen LogP contribution < -0.4 is 0 Å². The van der Waals surface area contributed by atoms with Gasteiger partial charge in [0, 0.05) is 12.5 Å². The van der Waals surface area contributed by atoms with Crippen molar-refractivity contribution in [1.82, 2.24) is 0 Å². The summed E-state index contributed by atoms with van der Waals surface area (Å²) in [6, 6.07) is 10.1. The minimum atomic E-state index is -1.79. The van der Waals surface area contributed by atoms with Crippen molar-refractivity contribution in [3.63, 3.8) is 0 Å². The molecule has 0 atom stereocenters. The first-order valence-corrected chi connectivity index (χ1v) is 21.5. The van der Waals surface area contributed by atoms with E-state index in [2.05, 4.69) is 132 Å². The summed E-state index contributed by atoms with van der Waals surface area (Å²) in [6.07, 6.45) is 5.72. The van der Waals surface area contributed by atoms with Gasteiger partial charge in [0.05, 0.1) is 5.56 Å².